The number of para-hydroxylation sites is 1. The third-order valence-corrected chi connectivity index (χ3v) is 4.75. The molecule has 3 N–H and O–H groups in total. The smallest absolute Gasteiger partial charge is 0.257 e. The standard InChI is InChI=1S/C23H28N4O6/c1-27(13-21(28)24-10-5-11-31-2)14-22(29)26-18-7-4-3-6-17(18)23(30)25-16-8-9-19-20(12-16)33-15-32-19/h3-4,6-9,12H,5,10-11,13-15H2,1-2H3,(H,24,28)(H,25,30)(H,26,29). The fraction of sp³-hybridized carbons (Fsp3) is 0.348. The molecule has 1 aliphatic rings. The average Bonchev–Trinajstić information content (AvgIpc) is 3.24. The van der Waals surface area contributed by atoms with Gasteiger partial charge in [-0.1, -0.05) is 12.1 Å². The van der Waals surface area contributed by atoms with E-state index in [1.807, 2.05) is 0 Å². The number of carbonyl (C=O) groups excluding carboxylic acids is 3. The molecule has 0 aliphatic carbocycles. The lowest BCUT2D eigenvalue weighted by molar-refractivity contribution is -0.123. The lowest BCUT2D eigenvalue weighted by Gasteiger charge is -2.17. The Bertz CT molecular complexity index is 997. The van der Waals surface area contributed by atoms with E-state index in [9.17, 15) is 14.4 Å². The number of hydrogen-bond donors (Lipinski definition) is 3. The largest absolute Gasteiger partial charge is 0.454 e. The average molecular weight is 456 g/mol. The molecule has 0 fully saturated rings. The number of nitrogens with zero attached hydrogens (tertiary/aromatic N) is 1. The Morgan fingerprint density at radius 1 is 1.00 bits per heavy atom. The molecule has 176 valence electrons. The molecule has 2 aromatic carbocycles. The van der Waals surface area contributed by atoms with Crippen LogP contribution in [0.1, 0.15) is 16.8 Å². The van der Waals surface area contributed by atoms with Gasteiger partial charge < -0.3 is 30.2 Å². The lowest BCUT2D eigenvalue weighted by Crippen LogP contribution is -2.39. The minimum Gasteiger partial charge on any atom is -0.454 e. The molecule has 0 bridgehead atoms. The van der Waals surface area contributed by atoms with Crippen molar-refractivity contribution in [3.63, 3.8) is 0 Å². The van der Waals surface area contributed by atoms with Crippen LogP contribution in [0, 0.1) is 0 Å². The molecule has 2 aromatic rings. The van der Waals surface area contributed by atoms with Crippen molar-refractivity contribution in [1.82, 2.24) is 10.2 Å². The van der Waals surface area contributed by atoms with Gasteiger partial charge in [0.25, 0.3) is 5.91 Å². The van der Waals surface area contributed by atoms with Gasteiger partial charge >= 0.3 is 0 Å². The highest BCUT2D eigenvalue weighted by Crippen LogP contribution is 2.34. The highest BCUT2D eigenvalue weighted by atomic mass is 16.7. The van der Waals surface area contributed by atoms with Crippen LogP contribution in [0.25, 0.3) is 0 Å². The van der Waals surface area contributed by atoms with Gasteiger partial charge in [-0.25, -0.2) is 0 Å². The van der Waals surface area contributed by atoms with Crippen LogP contribution >= 0.6 is 0 Å². The molecule has 3 rings (SSSR count). The second-order valence-corrected chi connectivity index (χ2v) is 7.48. The zero-order valence-corrected chi connectivity index (χ0v) is 18.7. The highest BCUT2D eigenvalue weighted by molar-refractivity contribution is 6.10. The van der Waals surface area contributed by atoms with Crippen LogP contribution in [0.15, 0.2) is 42.5 Å². The van der Waals surface area contributed by atoms with Crippen molar-refractivity contribution in [2.75, 3.05) is 57.8 Å². The first-order chi connectivity index (χ1) is 16.0. The summed E-state index contributed by atoms with van der Waals surface area (Å²) >= 11 is 0. The minimum atomic E-state index is -0.381. The first-order valence-corrected chi connectivity index (χ1v) is 10.5. The van der Waals surface area contributed by atoms with Gasteiger partial charge in [0.1, 0.15) is 0 Å². The van der Waals surface area contributed by atoms with Gasteiger partial charge in [0.2, 0.25) is 18.6 Å². The molecule has 0 atom stereocenters. The molecule has 10 heteroatoms. The van der Waals surface area contributed by atoms with Gasteiger partial charge in [0.05, 0.1) is 24.3 Å². The van der Waals surface area contributed by atoms with E-state index in [0.717, 1.165) is 6.42 Å². The van der Waals surface area contributed by atoms with E-state index < -0.39 is 0 Å². The van der Waals surface area contributed by atoms with Gasteiger partial charge in [-0.3, -0.25) is 19.3 Å². The Labute approximate surface area is 192 Å². The third-order valence-electron chi connectivity index (χ3n) is 4.75. The maximum atomic E-state index is 12.8. The van der Waals surface area contributed by atoms with E-state index in [-0.39, 0.29) is 37.6 Å². The van der Waals surface area contributed by atoms with Crippen molar-refractivity contribution in [1.29, 1.82) is 0 Å². The highest BCUT2D eigenvalue weighted by Gasteiger charge is 2.17. The second kappa shape index (κ2) is 11.8. The van der Waals surface area contributed by atoms with Crippen LogP contribution in [0.2, 0.25) is 0 Å². The molecule has 0 spiro atoms. The molecule has 0 saturated heterocycles. The molecule has 0 saturated carbocycles. The summed E-state index contributed by atoms with van der Waals surface area (Å²) in [6.45, 7) is 1.29. The maximum absolute atomic E-state index is 12.8. The van der Waals surface area contributed by atoms with E-state index in [0.29, 0.717) is 41.6 Å². The second-order valence-electron chi connectivity index (χ2n) is 7.48. The van der Waals surface area contributed by atoms with Crippen molar-refractivity contribution in [2.24, 2.45) is 0 Å². The van der Waals surface area contributed by atoms with Crippen molar-refractivity contribution in [2.45, 2.75) is 6.42 Å². The van der Waals surface area contributed by atoms with Crippen LogP contribution in [-0.4, -0.2) is 69.8 Å². The Kier molecular flexibility index (Phi) is 8.62. The Morgan fingerprint density at radius 2 is 1.76 bits per heavy atom. The zero-order valence-electron chi connectivity index (χ0n) is 18.7. The predicted octanol–water partition coefficient (Wildman–Crippen LogP) is 1.69. The molecule has 1 heterocycles. The third kappa shape index (κ3) is 7.19. The maximum Gasteiger partial charge on any atom is 0.257 e. The minimum absolute atomic E-state index is 0.0103. The molecule has 0 radical (unpaired) electrons. The summed E-state index contributed by atoms with van der Waals surface area (Å²) in [5.41, 5.74) is 1.22. The Hall–Kier alpha value is -3.63. The number of hydrogen-bond acceptors (Lipinski definition) is 7. The van der Waals surface area contributed by atoms with Crippen molar-refractivity contribution >= 4 is 29.1 Å². The predicted molar refractivity (Wildman–Crippen MR) is 123 cm³/mol. The summed E-state index contributed by atoms with van der Waals surface area (Å²) < 4.78 is 15.5. The molecular formula is C23H28N4O6. The number of amides is 3. The normalized spacial score (nSPS) is 11.8. The van der Waals surface area contributed by atoms with Gasteiger partial charge in [0.15, 0.2) is 11.5 Å². The summed E-state index contributed by atoms with van der Waals surface area (Å²) in [5, 5.41) is 8.32. The quantitative estimate of drug-likeness (QED) is 0.441. The van der Waals surface area contributed by atoms with Crippen LogP contribution < -0.4 is 25.4 Å². The Balaban J connectivity index is 1.53. The number of benzene rings is 2. The topological polar surface area (TPSA) is 118 Å². The van der Waals surface area contributed by atoms with Gasteiger partial charge in [-0.15, -0.1) is 0 Å². The molecule has 0 aromatic heterocycles. The van der Waals surface area contributed by atoms with E-state index in [1.165, 1.54) is 0 Å². The summed E-state index contributed by atoms with van der Waals surface area (Å²) in [6, 6.07) is 11.8. The van der Waals surface area contributed by atoms with Crippen molar-refractivity contribution in [3.8, 4) is 11.5 Å². The van der Waals surface area contributed by atoms with Gasteiger partial charge in [0, 0.05) is 32.0 Å². The summed E-state index contributed by atoms with van der Waals surface area (Å²) in [6.07, 6.45) is 0.720. The number of nitrogens with one attached hydrogen (secondary N) is 3. The van der Waals surface area contributed by atoms with E-state index in [4.69, 9.17) is 14.2 Å². The summed E-state index contributed by atoms with van der Waals surface area (Å²) in [5.74, 6) is 0.278. The number of anilines is 2. The van der Waals surface area contributed by atoms with Crippen LogP contribution in [-0.2, 0) is 14.3 Å². The number of ether oxygens (including phenoxy) is 3. The first kappa shape index (κ1) is 24.0. The van der Waals surface area contributed by atoms with E-state index in [2.05, 4.69) is 16.0 Å². The van der Waals surface area contributed by atoms with Gasteiger partial charge in [-0.05, 0) is 37.7 Å². The van der Waals surface area contributed by atoms with Crippen molar-refractivity contribution in [3.05, 3.63) is 48.0 Å². The Morgan fingerprint density at radius 3 is 2.58 bits per heavy atom. The fourth-order valence-electron chi connectivity index (χ4n) is 3.20. The van der Waals surface area contributed by atoms with Crippen molar-refractivity contribution < 1.29 is 28.6 Å². The fourth-order valence-corrected chi connectivity index (χ4v) is 3.20. The molecular weight excluding hydrogens is 428 g/mol. The molecule has 10 nitrogen and oxygen atoms in total. The molecule has 3 amide bonds. The summed E-state index contributed by atoms with van der Waals surface area (Å²) in [7, 11) is 3.28. The number of fused-ring (bicyclic) bond motifs is 1. The summed E-state index contributed by atoms with van der Waals surface area (Å²) in [4.78, 5) is 38.9. The van der Waals surface area contributed by atoms with Gasteiger partial charge in [-0.2, -0.15) is 0 Å². The zero-order chi connectivity index (χ0) is 23.6. The van der Waals surface area contributed by atoms with Crippen LogP contribution in [0.5, 0.6) is 11.5 Å². The van der Waals surface area contributed by atoms with Crippen LogP contribution in [0.4, 0.5) is 11.4 Å². The SMILES string of the molecule is COCCCNC(=O)CN(C)CC(=O)Nc1ccccc1C(=O)Nc1ccc2c(c1)OCO2. The number of methoxy groups -OCH3 is 1. The molecule has 33 heavy (non-hydrogen) atoms. The number of rotatable bonds is 11. The van der Waals surface area contributed by atoms with E-state index in [1.54, 1.807) is 61.5 Å². The lowest BCUT2D eigenvalue weighted by atomic mass is 10.1. The number of carbonyl (C=O) groups is 3. The monoisotopic (exact) mass is 456 g/mol. The number of likely N-dealkylation sites (N-methyl/N-ethyl adjacent to an activating group) is 1. The van der Waals surface area contributed by atoms with Crippen LogP contribution in [0.3, 0.4) is 0 Å². The molecule has 0 unspecified atom stereocenters. The molecule has 1 aliphatic heterocycles. The van der Waals surface area contributed by atoms with E-state index >= 15 is 0 Å². The first-order valence-electron chi connectivity index (χ1n) is 10.5.